The summed E-state index contributed by atoms with van der Waals surface area (Å²) in [5.41, 5.74) is 0.530. The van der Waals surface area contributed by atoms with E-state index < -0.39 is 0 Å². The van der Waals surface area contributed by atoms with Gasteiger partial charge in [-0.2, -0.15) is 5.26 Å². The summed E-state index contributed by atoms with van der Waals surface area (Å²) in [5.74, 6) is 1.61. The predicted octanol–water partition coefficient (Wildman–Crippen LogP) is 2.88. The van der Waals surface area contributed by atoms with E-state index in [1.54, 1.807) is 24.3 Å². The van der Waals surface area contributed by atoms with Gasteiger partial charge in [0, 0.05) is 6.04 Å². The van der Waals surface area contributed by atoms with Gasteiger partial charge in [0.25, 0.3) is 5.91 Å². The van der Waals surface area contributed by atoms with Crippen molar-refractivity contribution >= 4 is 5.91 Å². The first kappa shape index (κ1) is 15.4. The number of carbonyl (C=O) groups is 1. The first-order valence-corrected chi connectivity index (χ1v) is 7.52. The molecular formula is C17H22N2O2. The minimum Gasteiger partial charge on any atom is -0.484 e. The predicted molar refractivity (Wildman–Crippen MR) is 80.8 cm³/mol. The van der Waals surface area contributed by atoms with Gasteiger partial charge in [-0.15, -0.1) is 0 Å². The summed E-state index contributed by atoms with van der Waals surface area (Å²) in [6, 6.07) is 9.14. The van der Waals surface area contributed by atoms with Crippen LogP contribution in [0.15, 0.2) is 24.3 Å². The van der Waals surface area contributed by atoms with E-state index in [4.69, 9.17) is 10.00 Å². The van der Waals surface area contributed by atoms with Crippen molar-refractivity contribution in [2.24, 2.45) is 11.8 Å². The van der Waals surface area contributed by atoms with Gasteiger partial charge in [0.2, 0.25) is 0 Å². The molecule has 4 nitrogen and oxygen atoms in total. The molecule has 1 aromatic rings. The molecule has 0 aromatic heterocycles. The van der Waals surface area contributed by atoms with Crippen LogP contribution in [0.3, 0.4) is 0 Å². The molecule has 1 aliphatic rings. The fraction of sp³-hybridized carbons (Fsp3) is 0.529. The fourth-order valence-corrected chi connectivity index (χ4v) is 2.84. The number of ether oxygens (including phenoxy) is 1. The van der Waals surface area contributed by atoms with Crippen LogP contribution in [0.4, 0.5) is 0 Å². The van der Waals surface area contributed by atoms with E-state index in [1.165, 1.54) is 12.8 Å². The summed E-state index contributed by atoms with van der Waals surface area (Å²) in [4.78, 5) is 12.0. The summed E-state index contributed by atoms with van der Waals surface area (Å²) < 4.78 is 5.45. The fourth-order valence-electron chi connectivity index (χ4n) is 2.84. The van der Waals surface area contributed by atoms with Crippen LogP contribution < -0.4 is 10.1 Å². The molecule has 2 rings (SSSR count). The molecule has 1 amide bonds. The van der Waals surface area contributed by atoms with Gasteiger partial charge in [0.1, 0.15) is 5.75 Å². The first-order valence-electron chi connectivity index (χ1n) is 7.52. The van der Waals surface area contributed by atoms with Crippen LogP contribution in [-0.2, 0) is 4.79 Å². The summed E-state index contributed by atoms with van der Waals surface area (Å²) in [5, 5.41) is 11.9. The zero-order valence-electron chi connectivity index (χ0n) is 12.6. The van der Waals surface area contributed by atoms with Crippen LogP contribution in [0.5, 0.6) is 5.75 Å². The van der Waals surface area contributed by atoms with E-state index in [9.17, 15) is 4.79 Å². The van der Waals surface area contributed by atoms with Crippen molar-refractivity contribution in [2.75, 3.05) is 6.61 Å². The van der Waals surface area contributed by atoms with Crippen LogP contribution in [0.25, 0.3) is 0 Å². The number of amides is 1. The first-order chi connectivity index (χ1) is 10.1. The minimum atomic E-state index is -0.0942. The third-order valence-corrected chi connectivity index (χ3v) is 4.39. The molecule has 0 unspecified atom stereocenters. The van der Waals surface area contributed by atoms with Gasteiger partial charge in [-0.1, -0.05) is 32.8 Å². The van der Waals surface area contributed by atoms with Crippen molar-refractivity contribution in [1.82, 2.24) is 5.32 Å². The lowest BCUT2D eigenvalue weighted by molar-refractivity contribution is -0.124. The number of rotatable bonds is 4. The molecule has 112 valence electrons. The highest BCUT2D eigenvalue weighted by molar-refractivity contribution is 5.77. The van der Waals surface area contributed by atoms with Gasteiger partial charge < -0.3 is 10.1 Å². The lowest BCUT2D eigenvalue weighted by Crippen LogP contribution is -2.45. The summed E-state index contributed by atoms with van der Waals surface area (Å²) >= 11 is 0. The average Bonchev–Trinajstić information content (AvgIpc) is 2.50. The van der Waals surface area contributed by atoms with Gasteiger partial charge >= 0.3 is 0 Å². The third kappa shape index (κ3) is 4.22. The topological polar surface area (TPSA) is 62.1 Å². The largest absolute Gasteiger partial charge is 0.484 e. The SMILES string of the molecule is C[C@@H]1[C@@H](C)CCC[C@H]1NC(=O)COc1cccc(C#N)c1. The Bertz CT molecular complexity index is 536. The van der Waals surface area contributed by atoms with E-state index in [1.807, 2.05) is 0 Å². The molecule has 3 atom stereocenters. The maximum absolute atomic E-state index is 12.0. The number of benzene rings is 1. The van der Waals surface area contributed by atoms with Gasteiger partial charge in [-0.3, -0.25) is 4.79 Å². The highest BCUT2D eigenvalue weighted by Gasteiger charge is 2.28. The number of carbonyl (C=O) groups excluding carboxylic acids is 1. The van der Waals surface area contributed by atoms with Gasteiger partial charge in [0.15, 0.2) is 6.61 Å². The van der Waals surface area contributed by atoms with E-state index in [0.29, 0.717) is 23.1 Å². The molecule has 1 aromatic carbocycles. The molecule has 0 heterocycles. The Morgan fingerprint density at radius 1 is 1.43 bits per heavy atom. The van der Waals surface area contributed by atoms with E-state index >= 15 is 0 Å². The van der Waals surface area contributed by atoms with Crippen LogP contribution in [0, 0.1) is 23.2 Å². The van der Waals surface area contributed by atoms with Crippen LogP contribution in [0.2, 0.25) is 0 Å². The Kier molecular flexibility index (Phi) is 5.21. The van der Waals surface area contributed by atoms with Crippen LogP contribution in [-0.4, -0.2) is 18.6 Å². The number of nitriles is 1. The maximum Gasteiger partial charge on any atom is 0.258 e. The molecule has 4 heteroatoms. The molecule has 0 radical (unpaired) electrons. The zero-order valence-corrected chi connectivity index (χ0v) is 12.6. The second kappa shape index (κ2) is 7.12. The Labute approximate surface area is 126 Å². The van der Waals surface area contributed by atoms with Gasteiger partial charge in [-0.05, 0) is 36.5 Å². The molecule has 0 bridgehead atoms. The molecule has 21 heavy (non-hydrogen) atoms. The lowest BCUT2D eigenvalue weighted by atomic mass is 9.78. The zero-order chi connectivity index (χ0) is 15.2. The van der Waals surface area contributed by atoms with Crippen LogP contribution in [0.1, 0.15) is 38.7 Å². The van der Waals surface area contributed by atoms with Crippen molar-refractivity contribution in [3.05, 3.63) is 29.8 Å². The second-order valence-electron chi connectivity index (χ2n) is 5.87. The Balaban J connectivity index is 1.83. The van der Waals surface area contributed by atoms with Crippen LogP contribution >= 0.6 is 0 Å². The van der Waals surface area contributed by atoms with E-state index in [-0.39, 0.29) is 18.6 Å². The number of nitrogens with zero attached hydrogens (tertiary/aromatic N) is 1. The molecule has 1 aliphatic carbocycles. The van der Waals surface area contributed by atoms with Crippen molar-refractivity contribution in [3.8, 4) is 11.8 Å². The lowest BCUT2D eigenvalue weighted by Gasteiger charge is -2.34. The maximum atomic E-state index is 12.0. The van der Waals surface area contributed by atoms with Crippen molar-refractivity contribution < 1.29 is 9.53 Å². The number of hydrogen-bond acceptors (Lipinski definition) is 3. The highest BCUT2D eigenvalue weighted by Crippen LogP contribution is 2.29. The standard InChI is InChI=1S/C17H22N2O2/c1-12-5-3-8-16(13(12)2)19-17(20)11-21-15-7-4-6-14(9-15)10-18/h4,6-7,9,12-13,16H,3,5,8,11H2,1-2H3,(H,19,20)/t12-,13+,16+/m0/s1. The van der Waals surface area contributed by atoms with E-state index in [2.05, 4.69) is 25.2 Å². The molecule has 0 saturated heterocycles. The molecule has 1 fully saturated rings. The number of nitrogens with one attached hydrogen (secondary N) is 1. The smallest absolute Gasteiger partial charge is 0.258 e. The van der Waals surface area contributed by atoms with Crippen molar-refractivity contribution in [3.63, 3.8) is 0 Å². The van der Waals surface area contributed by atoms with Gasteiger partial charge in [-0.25, -0.2) is 0 Å². The normalized spacial score (nSPS) is 24.9. The highest BCUT2D eigenvalue weighted by atomic mass is 16.5. The Hall–Kier alpha value is -2.02. The Morgan fingerprint density at radius 2 is 2.24 bits per heavy atom. The summed E-state index contributed by atoms with van der Waals surface area (Å²) in [6.45, 7) is 4.44. The molecule has 0 aliphatic heterocycles. The van der Waals surface area contributed by atoms with Crippen molar-refractivity contribution in [1.29, 1.82) is 5.26 Å². The van der Waals surface area contributed by atoms with Crippen molar-refractivity contribution in [2.45, 2.75) is 39.2 Å². The van der Waals surface area contributed by atoms with Gasteiger partial charge in [0.05, 0.1) is 11.6 Å². The monoisotopic (exact) mass is 286 g/mol. The summed E-state index contributed by atoms with van der Waals surface area (Å²) in [7, 11) is 0. The third-order valence-electron chi connectivity index (χ3n) is 4.39. The molecule has 0 spiro atoms. The minimum absolute atomic E-state index is 0.00746. The number of hydrogen-bond donors (Lipinski definition) is 1. The van der Waals surface area contributed by atoms with E-state index in [0.717, 1.165) is 6.42 Å². The Morgan fingerprint density at radius 3 is 3.00 bits per heavy atom. The second-order valence-corrected chi connectivity index (χ2v) is 5.87. The average molecular weight is 286 g/mol. The molecule has 1 saturated carbocycles. The summed E-state index contributed by atoms with van der Waals surface area (Å²) in [6.07, 6.45) is 3.45. The molecular weight excluding hydrogens is 264 g/mol. The molecule has 1 N–H and O–H groups in total. The quantitative estimate of drug-likeness (QED) is 0.925.